The van der Waals surface area contributed by atoms with Gasteiger partial charge in [-0.15, -0.1) is 0 Å². The number of nitrogens with zero attached hydrogens (tertiary/aromatic N) is 2. The third-order valence-corrected chi connectivity index (χ3v) is 5.74. The van der Waals surface area contributed by atoms with E-state index in [1.807, 2.05) is 6.92 Å². The summed E-state index contributed by atoms with van der Waals surface area (Å²) >= 11 is 5.11. The van der Waals surface area contributed by atoms with Gasteiger partial charge in [0.05, 0.1) is 30.9 Å². The van der Waals surface area contributed by atoms with Crippen LogP contribution in [0.5, 0.6) is 11.6 Å². The lowest BCUT2D eigenvalue weighted by atomic mass is 10.1. The lowest BCUT2D eigenvalue weighted by molar-refractivity contribution is -0.138. The van der Waals surface area contributed by atoms with Crippen molar-refractivity contribution in [3.63, 3.8) is 0 Å². The Morgan fingerprint density at radius 3 is 2.59 bits per heavy atom. The number of benzene rings is 1. The molecule has 37 heavy (non-hydrogen) atoms. The van der Waals surface area contributed by atoms with Crippen LogP contribution in [0.15, 0.2) is 36.5 Å². The summed E-state index contributed by atoms with van der Waals surface area (Å²) in [6.07, 6.45) is -0.797. The highest BCUT2D eigenvalue weighted by Gasteiger charge is 2.34. The molecule has 1 aliphatic heterocycles. The Balaban J connectivity index is 1.51. The fraction of sp³-hybridized carbons (Fsp3) is 0.480. The van der Waals surface area contributed by atoms with Crippen LogP contribution in [0.4, 0.5) is 18.9 Å². The number of hydrogen-bond donors (Lipinski definition) is 2. The second kappa shape index (κ2) is 14.1. The lowest BCUT2D eigenvalue weighted by Crippen LogP contribution is -2.38. The molecule has 1 aromatic heterocycles. The Hall–Kier alpha value is -2.96. The number of anilines is 1. The van der Waals surface area contributed by atoms with Crippen LogP contribution < -0.4 is 20.1 Å². The second-order valence-electron chi connectivity index (χ2n) is 8.36. The summed E-state index contributed by atoms with van der Waals surface area (Å²) in [6, 6.07) is 6.65. The first-order valence-electron chi connectivity index (χ1n) is 12.1. The molecule has 0 radical (unpaired) electrons. The average molecular weight is 541 g/mol. The van der Waals surface area contributed by atoms with Gasteiger partial charge >= 0.3 is 6.18 Å². The summed E-state index contributed by atoms with van der Waals surface area (Å²) in [6.45, 7) is 6.53. The number of alkyl halides is 3. The van der Waals surface area contributed by atoms with Crippen LogP contribution in [0.25, 0.3) is 0 Å². The number of thiocarbonyl (C=S) groups is 1. The number of nitrogens with one attached hydrogen (secondary N) is 2. The molecule has 0 aliphatic carbocycles. The van der Waals surface area contributed by atoms with Crippen molar-refractivity contribution >= 4 is 28.9 Å². The minimum atomic E-state index is -4.61. The number of aromatic nitrogens is 1. The van der Waals surface area contributed by atoms with E-state index in [1.54, 1.807) is 6.07 Å². The molecular weight excluding hydrogens is 509 g/mol. The van der Waals surface area contributed by atoms with E-state index in [2.05, 4.69) is 20.5 Å². The Morgan fingerprint density at radius 1 is 1.14 bits per heavy atom. The molecule has 0 saturated carbocycles. The van der Waals surface area contributed by atoms with Crippen molar-refractivity contribution in [3.8, 4) is 11.6 Å². The maximum atomic E-state index is 13.5. The summed E-state index contributed by atoms with van der Waals surface area (Å²) in [4.78, 5) is 18.8. The van der Waals surface area contributed by atoms with Crippen LogP contribution in [-0.2, 0) is 10.9 Å². The van der Waals surface area contributed by atoms with Gasteiger partial charge in [0, 0.05) is 37.6 Å². The molecule has 0 spiro atoms. The first-order valence-corrected chi connectivity index (χ1v) is 12.5. The number of hydrogen-bond acceptors (Lipinski definition) is 7. The number of rotatable bonds is 11. The van der Waals surface area contributed by atoms with Crippen LogP contribution in [0.2, 0.25) is 0 Å². The molecule has 2 heterocycles. The Morgan fingerprint density at radius 2 is 1.92 bits per heavy atom. The number of amides is 1. The summed E-state index contributed by atoms with van der Waals surface area (Å²) in [5.74, 6) is -0.429. The third kappa shape index (κ3) is 9.45. The third-order valence-electron chi connectivity index (χ3n) is 5.54. The molecule has 1 aromatic carbocycles. The molecule has 1 fully saturated rings. The standard InChI is InChI=1S/C25H31F3N4O4S/c1-2-3-4-12-35-21-7-6-19(16-20(21)25(26,27)28)30-24(37)31-23(33)18-5-8-22(29-17-18)36-15-11-32-9-13-34-14-10-32/h5-8,16-17H,2-4,9-15H2,1H3,(H2,30,31,33,37). The fourth-order valence-corrected chi connectivity index (χ4v) is 3.74. The highest BCUT2D eigenvalue weighted by atomic mass is 32.1. The maximum absolute atomic E-state index is 13.5. The summed E-state index contributed by atoms with van der Waals surface area (Å²) < 4.78 is 56.9. The van der Waals surface area contributed by atoms with Crippen LogP contribution >= 0.6 is 12.2 Å². The highest BCUT2D eigenvalue weighted by molar-refractivity contribution is 7.80. The van der Waals surface area contributed by atoms with E-state index in [0.29, 0.717) is 32.1 Å². The molecule has 0 atom stereocenters. The van der Waals surface area contributed by atoms with E-state index in [9.17, 15) is 18.0 Å². The quantitative estimate of drug-likeness (QED) is 0.318. The van der Waals surface area contributed by atoms with Crippen LogP contribution in [0.3, 0.4) is 0 Å². The molecule has 12 heteroatoms. The van der Waals surface area contributed by atoms with Gasteiger partial charge in [-0.05, 0) is 42.9 Å². The molecule has 202 valence electrons. The number of morpholine rings is 1. The van der Waals surface area contributed by atoms with Crippen molar-refractivity contribution < 1.29 is 32.2 Å². The monoisotopic (exact) mass is 540 g/mol. The van der Waals surface area contributed by atoms with Gasteiger partial charge in [-0.2, -0.15) is 13.2 Å². The largest absolute Gasteiger partial charge is 0.493 e. The fourth-order valence-electron chi connectivity index (χ4n) is 3.53. The number of carbonyl (C=O) groups excluding carboxylic acids is 1. The van der Waals surface area contributed by atoms with Gasteiger partial charge in [-0.3, -0.25) is 15.0 Å². The normalized spacial score (nSPS) is 14.2. The zero-order valence-electron chi connectivity index (χ0n) is 20.6. The van der Waals surface area contributed by atoms with Gasteiger partial charge in [0.1, 0.15) is 12.4 Å². The molecule has 1 aliphatic rings. The molecule has 3 rings (SSSR count). The summed E-state index contributed by atoms with van der Waals surface area (Å²) in [7, 11) is 0. The van der Waals surface area contributed by atoms with Gasteiger partial charge in [-0.25, -0.2) is 4.98 Å². The van der Waals surface area contributed by atoms with Gasteiger partial charge in [0.2, 0.25) is 5.88 Å². The van der Waals surface area contributed by atoms with Gasteiger partial charge in [0.25, 0.3) is 5.91 Å². The topological polar surface area (TPSA) is 85.0 Å². The van der Waals surface area contributed by atoms with E-state index in [1.165, 1.54) is 24.4 Å². The number of pyridine rings is 1. The molecule has 2 N–H and O–H groups in total. The number of unbranched alkanes of at least 4 members (excludes halogenated alkanes) is 2. The van der Waals surface area contributed by atoms with Crippen molar-refractivity contribution in [3.05, 3.63) is 47.7 Å². The summed E-state index contributed by atoms with van der Waals surface area (Å²) in [5, 5.41) is 4.90. The predicted octanol–water partition coefficient (Wildman–Crippen LogP) is 4.51. The first-order chi connectivity index (χ1) is 17.8. The van der Waals surface area contributed by atoms with E-state index in [0.717, 1.165) is 38.5 Å². The van der Waals surface area contributed by atoms with E-state index < -0.39 is 17.6 Å². The van der Waals surface area contributed by atoms with Crippen molar-refractivity contribution in [2.24, 2.45) is 0 Å². The Bertz CT molecular complexity index is 1030. The van der Waals surface area contributed by atoms with Crippen molar-refractivity contribution in [2.45, 2.75) is 32.4 Å². The van der Waals surface area contributed by atoms with Gasteiger partial charge in [-0.1, -0.05) is 19.8 Å². The first kappa shape index (κ1) is 28.6. The molecule has 0 bridgehead atoms. The molecule has 1 amide bonds. The zero-order valence-corrected chi connectivity index (χ0v) is 21.4. The van der Waals surface area contributed by atoms with Crippen LogP contribution in [0, 0.1) is 0 Å². The molecule has 0 unspecified atom stereocenters. The van der Waals surface area contributed by atoms with E-state index in [-0.39, 0.29) is 28.7 Å². The maximum Gasteiger partial charge on any atom is 0.420 e. The predicted molar refractivity (Wildman–Crippen MR) is 137 cm³/mol. The smallest absolute Gasteiger partial charge is 0.420 e. The van der Waals surface area contributed by atoms with Gasteiger partial charge in [0.15, 0.2) is 5.11 Å². The molecular formula is C25H31F3N4O4S. The van der Waals surface area contributed by atoms with Crippen LogP contribution in [-0.4, -0.2) is 67.0 Å². The second-order valence-corrected chi connectivity index (χ2v) is 8.77. The van der Waals surface area contributed by atoms with Crippen LogP contribution in [0.1, 0.15) is 42.1 Å². The molecule has 1 saturated heterocycles. The lowest BCUT2D eigenvalue weighted by Gasteiger charge is -2.26. The average Bonchev–Trinajstić information content (AvgIpc) is 2.87. The molecule has 2 aromatic rings. The molecule has 8 nitrogen and oxygen atoms in total. The number of carbonyl (C=O) groups is 1. The van der Waals surface area contributed by atoms with Crippen molar-refractivity contribution in [2.75, 3.05) is 51.4 Å². The number of halogens is 3. The minimum Gasteiger partial charge on any atom is -0.493 e. The summed E-state index contributed by atoms with van der Waals surface area (Å²) in [5.41, 5.74) is -0.631. The minimum absolute atomic E-state index is 0.0701. The van der Waals surface area contributed by atoms with Gasteiger partial charge < -0.3 is 19.5 Å². The van der Waals surface area contributed by atoms with Crippen molar-refractivity contribution in [1.29, 1.82) is 0 Å². The van der Waals surface area contributed by atoms with Crippen molar-refractivity contribution in [1.82, 2.24) is 15.2 Å². The van der Waals surface area contributed by atoms with E-state index >= 15 is 0 Å². The number of ether oxygens (including phenoxy) is 3. The zero-order chi connectivity index (χ0) is 26.7. The van der Waals surface area contributed by atoms with E-state index in [4.69, 9.17) is 26.4 Å². The highest BCUT2D eigenvalue weighted by Crippen LogP contribution is 2.38. The Kier molecular flexibility index (Phi) is 10.9. The SMILES string of the molecule is CCCCCOc1ccc(NC(=S)NC(=O)c2ccc(OCCN3CCOCC3)nc2)cc1C(F)(F)F. The Labute approximate surface area is 219 Å².